The number of rotatable bonds is 14. The van der Waals surface area contributed by atoms with Crippen molar-refractivity contribution in [1.82, 2.24) is 5.32 Å². The number of fused-ring (bicyclic) bond motifs is 2. The van der Waals surface area contributed by atoms with Gasteiger partial charge >= 0.3 is 23.9 Å². The molecule has 62 heavy (non-hydrogen) atoms. The lowest BCUT2D eigenvalue weighted by atomic mass is 9.56. The van der Waals surface area contributed by atoms with E-state index in [1.807, 2.05) is 42.5 Å². The second-order valence-electron chi connectivity index (χ2n) is 15.5. The van der Waals surface area contributed by atoms with E-state index in [4.69, 9.17) is 42.6 Å². The van der Waals surface area contributed by atoms with Crippen LogP contribution in [0.3, 0.4) is 0 Å². The predicted octanol–water partition coefficient (Wildman–Crippen LogP) is 3.75. The van der Waals surface area contributed by atoms with Crippen molar-refractivity contribution >= 4 is 47.3 Å². The van der Waals surface area contributed by atoms with Crippen LogP contribution in [0.25, 0.3) is 0 Å². The Hall–Kier alpha value is -5.17. The first kappa shape index (κ1) is 44.9. The Bertz CT molecular complexity index is 2100. The van der Waals surface area contributed by atoms with Crippen LogP contribution in [0.15, 0.2) is 91.0 Å². The number of methoxy groups -OCH3 is 2. The van der Waals surface area contributed by atoms with Gasteiger partial charge in [0.15, 0.2) is 12.2 Å². The summed E-state index contributed by atoms with van der Waals surface area (Å²) in [7, 11) is 2.53. The van der Waals surface area contributed by atoms with Gasteiger partial charge in [-0.05, 0) is 5.56 Å². The number of thioether (sulfide) groups is 1. The summed E-state index contributed by atoms with van der Waals surface area (Å²) in [6.07, 6.45) is -5.07. The van der Waals surface area contributed by atoms with Gasteiger partial charge in [-0.1, -0.05) is 91.0 Å². The number of carbonyl (C=O) groups excluding carboxylic acids is 6. The number of ketones is 1. The Balaban J connectivity index is 1.43. The van der Waals surface area contributed by atoms with Crippen LogP contribution < -0.4 is 5.32 Å². The van der Waals surface area contributed by atoms with Crippen LogP contribution in [-0.2, 0) is 83.8 Å². The van der Waals surface area contributed by atoms with Gasteiger partial charge in [0.25, 0.3) is 5.79 Å². The molecule has 2 heterocycles. The molecule has 8 rings (SSSR count). The maximum atomic E-state index is 15.5. The first-order valence-corrected chi connectivity index (χ1v) is 21.0. The monoisotopic (exact) mass is 875 g/mol. The molecule has 2 bridgehead atoms. The zero-order chi connectivity index (χ0) is 44.4. The summed E-state index contributed by atoms with van der Waals surface area (Å²) in [6, 6.07) is 26.1. The summed E-state index contributed by atoms with van der Waals surface area (Å²) < 4.78 is 56.4. The molecule has 2 saturated heterocycles. The molecule has 330 valence electrons. The minimum atomic E-state index is -2.21. The van der Waals surface area contributed by atoms with E-state index in [-0.39, 0.29) is 13.0 Å². The highest BCUT2D eigenvalue weighted by Crippen LogP contribution is 2.67. The fraction of sp³-hybridized carbons (Fsp3) is 0.467. The van der Waals surface area contributed by atoms with E-state index in [0.29, 0.717) is 11.1 Å². The van der Waals surface area contributed by atoms with Crippen LogP contribution in [0.5, 0.6) is 0 Å². The zero-order valence-corrected chi connectivity index (χ0v) is 35.8. The normalized spacial score (nSPS) is 31.9. The van der Waals surface area contributed by atoms with Crippen LogP contribution in [0.1, 0.15) is 50.8 Å². The van der Waals surface area contributed by atoms with Crippen molar-refractivity contribution in [3.63, 3.8) is 0 Å². The number of ether oxygens (including phenoxy) is 9. The molecular formula is C45H49NO15S. The molecule has 3 saturated carbocycles. The Labute approximate surface area is 362 Å². The van der Waals surface area contributed by atoms with Crippen molar-refractivity contribution in [2.75, 3.05) is 20.8 Å². The molecule has 3 aromatic carbocycles. The smallest absolute Gasteiger partial charge is 0.310 e. The second kappa shape index (κ2) is 18.3. The van der Waals surface area contributed by atoms with Gasteiger partial charge in [0.1, 0.15) is 29.8 Å². The molecule has 1 spiro atoms. The Morgan fingerprint density at radius 2 is 1.35 bits per heavy atom. The average Bonchev–Trinajstić information content (AvgIpc) is 3.59. The Morgan fingerprint density at radius 1 is 0.774 bits per heavy atom. The molecule has 17 heteroatoms. The molecule has 16 nitrogen and oxygen atoms in total. The van der Waals surface area contributed by atoms with Gasteiger partial charge in [0, 0.05) is 52.4 Å². The lowest BCUT2D eigenvalue weighted by Crippen LogP contribution is -2.79. The third kappa shape index (κ3) is 8.13. The van der Waals surface area contributed by atoms with Crippen molar-refractivity contribution < 1.29 is 71.4 Å². The van der Waals surface area contributed by atoms with Gasteiger partial charge < -0.3 is 43.2 Å². The van der Waals surface area contributed by atoms with Crippen molar-refractivity contribution in [2.24, 2.45) is 11.8 Å². The predicted molar refractivity (Wildman–Crippen MR) is 217 cm³/mol. The van der Waals surface area contributed by atoms with E-state index in [1.165, 1.54) is 28.1 Å². The van der Waals surface area contributed by atoms with Crippen molar-refractivity contribution in [3.05, 3.63) is 108 Å². The van der Waals surface area contributed by atoms with Gasteiger partial charge in [0.05, 0.1) is 36.9 Å². The molecule has 2 aliphatic heterocycles. The average molecular weight is 876 g/mol. The first-order valence-electron chi connectivity index (χ1n) is 20.1. The third-order valence-electron chi connectivity index (χ3n) is 11.6. The molecule has 5 fully saturated rings. The SMILES string of the molecule is COC(=O)[C@H]1[C@H]2C(=O)[C@]3(OC)OC(c4ccccc4)(c4ccccc4)O[C@@]3(C[C@H]2OCc2ccccc2)[C@@H]1S[C@@H]1O[C@H](COC(C)=O)[C@@H](OC(C)=O)[C@H](OC(C)=O)[C@H]1NC(C)=O. The molecule has 3 aliphatic carbocycles. The fourth-order valence-electron chi connectivity index (χ4n) is 9.24. The Kier molecular flexibility index (Phi) is 13.2. The number of esters is 4. The standard InChI is InChI=1S/C45H49NO15S/c1-25(47)46-36-38(58-28(4)50)37(57-27(3)49)33(24-55-26(2)48)59-42(36)62-40-35(41(52)53-5)34-32(56-23-29-16-10-7-11-17-29)22-43(40)45(54-6,39(34)51)61-44(60-43,30-18-12-8-13-19-30)31-20-14-9-15-21-31/h7-21,32-38,40,42H,22-24H2,1-6H3,(H,46,47)/t32-,33-,34+,35+,36-,37-,38-,40-,42+,43+,45+/m1/s1. The highest BCUT2D eigenvalue weighted by molar-refractivity contribution is 8.00. The summed E-state index contributed by atoms with van der Waals surface area (Å²) in [5, 5.41) is 1.62. The summed E-state index contributed by atoms with van der Waals surface area (Å²) >= 11 is 0.984. The van der Waals surface area contributed by atoms with Crippen LogP contribution >= 0.6 is 11.8 Å². The van der Waals surface area contributed by atoms with Gasteiger partial charge in [-0.2, -0.15) is 0 Å². The molecule has 3 aromatic rings. The quantitative estimate of drug-likeness (QED) is 0.181. The first-order chi connectivity index (χ1) is 29.7. The number of Topliss-reactive ketones (excluding diaryl/α,β-unsaturated/α-hetero) is 1. The number of nitrogens with one attached hydrogen (secondary N) is 1. The highest BCUT2D eigenvalue weighted by Gasteiger charge is 2.84. The molecule has 11 atom stereocenters. The van der Waals surface area contributed by atoms with E-state index in [2.05, 4.69) is 5.32 Å². The Morgan fingerprint density at radius 3 is 1.89 bits per heavy atom. The molecule has 0 aromatic heterocycles. The minimum Gasteiger partial charge on any atom is -0.469 e. The maximum Gasteiger partial charge on any atom is 0.310 e. The number of amides is 1. The summed E-state index contributed by atoms with van der Waals surface area (Å²) in [5.41, 5.74) is -1.37. The van der Waals surface area contributed by atoms with E-state index >= 15 is 4.79 Å². The van der Waals surface area contributed by atoms with Gasteiger partial charge in [-0.25, -0.2) is 0 Å². The number of benzene rings is 3. The number of hydrogen-bond acceptors (Lipinski definition) is 16. The molecule has 1 N–H and O–H groups in total. The summed E-state index contributed by atoms with van der Waals surface area (Å²) in [4.78, 5) is 80.4. The van der Waals surface area contributed by atoms with Gasteiger partial charge in [-0.15, -0.1) is 11.8 Å². The van der Waals surface area contributed by atoms with Crippen LogP contribution in [0.2, 0.25) is 0 Å². The van der Waals surface area contributed by atoms with E-state index in [9.17, 15) is 24.0 Å². The summed E-state index contributed by atoms with van der Waals surface area (Å²) in [6.45, 7) is 4.32. The topological polar surface area (TPSA) is 198 Å². The number of carbonyl (C=O) groups is 6. The third-order valence-corrected chi connectivity index (χ3v) is 13.2. The second-order valence-corrected chi connectivity index (χ2v) is 16.8. The molecule has 0 radical (unpaired) electrons. The molecule has 1 amide bonds. The van der Waals surface area contributed by atoms with E-state index in [0.717, 1.165) is 31.2 Å². The summed E-state index contributed by atoms with van der Waals surface area (Å²) in [5.74, 6) is -10.8. The van der Waals surface area contributed by atoms with Crippen molar-refractivity contribution in [1.29, 1.82) is 0 Å². The molecule has 0 unspecified atom stereocenters. The molecule has 5 aliphatic rings. The van der Waals surface area contributed by atoms with Crippen LogP contribution in [-0.4, -0.2) is 109 Å². The highest BCUT2D eigenvalue weighted by atomic mass is 32.2. The van der Waals surface area contributed by atoms with Gasteiger partial charge in [-0.3, -0.25) is 33.5 Å². The van der Waals surface area contributed by atoms with E-state index in [1.54, 1.807) is 48.5 Å². The van der Waals surface area contributed by atoms with Crippen molar-refractivity contribution in [2.45, 2.75) is 99.0 Å². The van der Waals surface area contributed by atoms with Crippen LogP contribution in [0.4, 0.5) is 0 Å². The van der Waals surface area contributed by atoms with Crippen LogP contribution in [0, 0.1) is 11.8 Å². The maximum absolute atomic E-state index is 15.5. The van der Waals surface area contributed by atoms with Gasteiger partial charge in [0.2, 0.25) is 17.5 Å². The number of hydrogen-bond donors (Lipinski definition) is 1. The lowest BCUT2D eigenvalue weighted by Gasteiger charge is -2.60. The minimum absolute atomic E-state index is 0.0610. The largest absolute Gasteiger partial charge is 0.469 e. The van der Waals surface area contributed by atoms with Crippen molar-refractivity contribution in [3.8, 4) is 0 Å². The van der Waals surface area contributed by atoms with E-state index < -0.39 is 112 Å². The molecular weight excluding hydrogens is 827 g/mol. The lowest BCUT2D eigenvalue weighted by molar-refractivity contribution is -0.276. The fourth-order valence-corrected chi connectivity index (χ4v) is 11.1. The zero-order valence-electron chi connectivity index (χ0n) is 35.0.